The summed E-state index contributed by atoms with van der Waals surface area (Å²) in [5.74, 6) is 1.28. The number of ether oxygens (including phenoxy) is 2. The molecule has 2 aromatic rings. The summed E-state index contributed by atoms with van der Waals surface area (Å²) in [5, 5.41) is 9.06. The van der Waals surface area contributed by atoms with Gasteiger partial charge in [-0.2, -0.15) is 9.57 Å². The lowest BCUT2D eigenvalue weighted by Crippen LogP contribution is -2.31. The van der Waals surface area contributed by atoms with Crippen molar-refractivity contribution < 1.29 is 17.9 Å². The third-order valence-electron chi connectivity index (χ3n) is 4.57. The first-order valence-corrected chi connectivity index (χ1v) is 9.69. The molecule has 0 saturated carbocycles. The summed E-state index contributed by atoms with van der Waals surface area (Å²) in [6.45, 7) is 0.421. The minimum absolute atomic E-state index is 0.130. The number of nitrogens with zero attached hydrogens (tertiary/aromatic N) is 2. The van der Waals surface area contributed by atoms with Gasteiger partial charge in [0.25, 0.3) is 0 Å². The lowest BCUT2D eigenvalue weighted by molar-refractivity contribution is 0.361. The molecule has 0 unspecified atom stereocenters. The van der Waals surface area contributed by atoms with E-state index < -0.39 is 10.0 Å². The molecule has 7 heteroatoms. The van der Waals surface area contributed by atoms with E-state index in [0.717, 1.165) is 12.0 Å². The molecule has 0 N–H and O–H groups in total. The van der Waals surface area contributed by atoms with E-state index in [1.807, 2.05) is 12.1 Å². The van der Waals surface area contributed by atoms with E-state index >= 15 is 0 Å². The average molecular weight is 372 g/mol. The van der Waals surface area contributed by atoms with Gasteiger partial charge in [-0.1, -0.05) is 6.07 Å². The van der Waals surface area contributed by atoms with Crippen LogP contribution in [0.4, 0.5) is 0 Å². The first kappa shape index (κ1) is 18.2. The Morgan fingerprint density at radius 3 is 2.65 bits per heavy atom. The van der Waals surface area contributed by atoms with Gasteiger partial charge in [0.1, 0.15) is 11.5 Å². The molecule has 26 heavy (non-hydrogen) atoms. The van der Waals surface area contributed by atoms with Gasteiger partial charge in [-0.05, 0) is 49.2 Å². The molecular formula is C19H20N2O4S. The van der Waals surface area contributed by atoms with Crippen LogP contribution >= 0.6 is 0 Å². The molecule has 0 amide bonds. The van der Waals surface area contributed by atoms with Crippen molar-refractivity contribution in [1.29, 1.82) is 5.26 Å². The molecule has 0 aromatic heterocycles. The molecule has 1 heterocycles. The fourth-order valence-corrected chi connectivity index (χ4v) is 5.02. The standard InChI is InChI=1S/C19H20N2O4S/c1-24-15-8-9-19(25-2)17(12-15)18-7-4-10-21(18)26(22,23)16-6-3-5-14(11-16)13-20/h3,5-6,8-9,11-12,18H,4,7,10H2,1-2H3/t18-/m1/s1. The lowest BCUT2D eigenvalue weighted by Gasteiger charge is -2.26. The maximum absolute atomic E-state index is 13.2. The van der Waals surface area contributed by atoms with Crippen molar-refractivity contribution in [3.63, 3.8) is 0 Å². The number of sulfonamides is 1. The zero-order valence-corrected chi connectivity index (χ0v) is 15.5. The van der Waals surface area contributed by atoms with Crippen LogP contribution < -0.4 is 9.47 Å². The van der Waals surface area contributed by atoms with Crippen LogP contribution in [0.1, 0.15) is 30.0 Å². The number of methoxy groups -OCH3 is 2. The molecule has 1 aliphatic rings. The van der Waals surface area contributed by atoms with Crippen LogP contribution in [0.25, 0.3) is 0 Å². The highest BCUT2D eigenvalue weighted by Gasteiger charge is 2.37. The van der Waals surface area contributed by atoms with Crippen LogP contribution in [0.2, 0.25) is 0 Å². The molecule has 1 saturated heterocycles. The van der Waals surface area contributed by atoms with Crippen LogP contribution in [-0.2, 0) is 10.0 Å². The maximum Gasteiger partial charge on any atom is 0.243 e. The van der Waals surface area contributed by atoms with Crippen molar-refractivity contribution in [2.24, 2.45) is 0 Å². The SMILES string of the molecule is COc1ccc(OC)c([C@H]2CCCN2S(=O)(=O)c2cccc(C#N)c2)c1. The van der Waals surface area contributed by atoms with Gasteiger partial charge in [0, 0.05) is 12.1 Å². The Morgan fingerprint density at radius 2 is 1.96 bits per heavy atom. The summed E-state index contributed by atoms with van der Waals surface area (Å²) in [5.41, 5.74) is 1.10. The smallest absolute Gasteiger partial charge is 0.243 e. The third kappa shape index (κ3) is 3.26. The van der Waals surface area contributed by atoms with Gasteiger partial charge in [0.15, 0.2) is 0 Å². The van der Waals surface area contributed by atoms with Crippen molar-refractivity contribution in [3.05, 3.63) is 53.6 Å². The number of nitriles is 1. The highest BCUT2D eigenvalue weighted by Crippen LogP contribution is 2.41. The van der Waals surface area contributed by atoms with Gasteiger partial charge in [-0.25, -0.2) is 8.42 Å². The van der Waals surface area contributed by atoms with E-state index in [-0.39, 0.29) is 10.9 Å². The molecule has 0 spiro atoms. The van der Waals surface area contributed by atoms with E-state index in [1.165, 1.54) is 16.4 Å². The number of hydrogen-bond donors (Lipinski definition) is 0. The Kier molecular flexibility index (Phi) is 5.16. The Morgan fingerprint density at radius 1 is 1.15 bits per heavy atom. The molecule has 0 bridgehead atoms. The van der Waals surface area contributed by atoms with Crippen molar-refractivity contribution in [3.8, 4) is 17.6 Å². The summed E-state index contributed by atoms with van der Waals surface area (Å²) >= 11 is 0. The fraction of sp³-hybridized carbons (Fsp3) is 0.316. The van der Waals surface area contributed by atoms with Gasteiger partial charge in [-0.15, -0.1) is 0 Å². The van der Waals surface area contributed by atoms with Gasteiger partial charge in [0.2, 0.25) is 10.0 Å². The molecule has 2 aromatic carbocycles. The molecule has 3 rings (SSSR count). The van der Waals surface area contributed by atoms with Crippen LogP contribution in [0, 0.1) is 11.3 Å². The summed E-state index contributed by atoms with van der Waals surface area (Å²) in [7, 11) is -0.591. The monoisotopic (exact) mass is 372 g/mol. The van der Waals surface area contributed by atoms with E-state index in [9.17, 15) is 8.42 Å². The van der Waals surface area contributed by atoms with Crippen LogP contribution in [0.15, 0.2) is 47.4 Å². The molecule has 136 valence electrons. The summed E-state index contributed by atoms with van der Waals surface area (Å²) < 4.78 is 38.6. The Balaban J connectivity index is 2.04. The second-order valence-corrected chi connectivity index (χ2v) is 7.91. The minimum Gasteiger partial charge on any atom is -0.497 e. The third-order valence-corrected chi connectivity index (χ3v) is 6.47. The van der Waals surface area contributed by atoms with E-state index in [2.05, 4.69) is 0 Å². The number of rotatable bonds is 5. The fourth-order valence-electron chi connectivity index (χ4n) is 3.30. The number of hydrogen-bond acceptors (Lipinski definition) is 5. The average Bonchev–Trinajstić information content (AvgIpc) is 3.18. The summed E-state index contributed by atoms with van der Waals surface area (Å²) in [6, 6.07) is 13.1. The first-order valence-electron chi connectivity index (χ1n) is 8.25. The van der Waals surface area contributed by atoms with Gasteiger partial charge in [0.05, 0.1) is 36.8 Å². The number of benzene rings is 2. The van der Waals surface area contributed by atoms with Crippen molar-refractivity contribution in [2.45, 2.75) is 23.8 Å². The minimum atomic E-state index is -3.73. The summed E-state index contributed by atoms with van der Waals surface area (Å²) in [6.07, 6.45) is 1.45. The predicted octanol–water partition coefficient (Wildman–Crippen LogP) is 3.10. The highest BCUT2D eigenvalue weighted by atomic mass is 32.2. The van der Waals surface area contributed by atoms with Gasteiger partial charge >= 0.3 is 0 Å². The first-order chi connectivity index (χ1) is 12.5. The van der Waals surface area contributed by atoms with E-state index in [4.69, 9.17) is 14.7 Å². The molecule has 0 radical (unpaired) electrons. The van der Waals surface area contributed by atoms with Crippen LogP contribution in [0.3, 0.4) is 0 Å². The van der Waals surface area contributed by atoms with Crippen LogP contribution in [0.5, 0.6) is 11.5 Å². The normalized spacial score (nSPS) is 17.7. The quantitative estimate of drug-likeness (QED) is 0.806. The molecule has 1 aliphatic heterocycles. The van der Waals surface area contributed by atoms with Gasteiger partial charge < -0.3 is 9.47 Å². The molecule has 6 nitrogen and oxygen atoms in total. The highest BCUT2D eigenvalue weighted by molar-refractivity contribution is 7.89. The van der Waals surface area contributed by atoms with Crippen molar-refractivity contribution >= 4 is 10.0 Å². The maximum atomic E-state index is 13.2. The van der Waals surface area contributed by atoms with Crippen molar-refractivity contribution in [2.75, 3.05) is 20.8 Å². The summed E-state index contributed by atoms with van der Waals surface area (Å²) in [4.78, 5) is 0.130. The van der Waals surface area contributed by atoms with Crippen LogP contribution in [-0.4, -0.2) is 33.5 Å². The second-order valence-electron chi connectivity index (χ2n) is 6.02. The molecule has 0 aliphatic carbocycles. The molecule has 1 fully saturated rings. The largest absolute Gasteiger partial charge is 0.497 e. The lowest BCUT2D eigenvalue weighted by atomic mass is 10.0. The Labute approximate surface area is 153 Å². The van der Waals surface area contributed by atoms with E-state index in [0.29, 0.717) is 30.0 Å². The predicted molar refractivity (Wildman–Crippen MR) is 96.6 cm³/mol. The zero-order chi connectivity index (χ0) is 18.7. The second kappa shape index (κ2) is 7.36. The van der Waals surface area contributed by atoms with E-state index in [1.54, 1.807) is 38.5 Å². The topological polar surface area (TPSA) is 79.6 Å². The van der Waals surface area contributed by atoms with Gasteiger partial charge in [-0.3, -0.25) is 0 Å². The molecule has 1 atom stereocenters. The zero-order valence-electron chi connectivity index (χ0n) is 14.7. The Hall–Kier alpha value is -2.56. The molecular weight excluding hydrogens is 352 g/mol. The van der Waals surface area contributed by atoms with Crippen molar-refractivity contribution in [1.82, 2.24) is 4.31 Å². The Bertz CT molecular complexity index is 950.